The van der Waals surface area contributed by atoms with E-state index in [1.807, 2.05) is 18.2 Å². The molecule has 100 valence electrons. The molecule has 2 aromatic rings. The molecule has 1 aromatic carbocycles. The molecule has 3 rings (SSSR count). The number of amides is 1. The maximum Gasteiger partial charge on any atom is 0.249 e. The zero-order valence-corrected chi connectivity index (χ0v) is 11.4. The summed E-state index contributed by atoms with van der Waals surface area (Å²) in [4.78, 5) is 16.3. The number of ether oxygens (including phenoxy) is 1. The summed E-state index contributed by atoms with van der Waals surface area (Å²) in [6, 6.07) is 8.09. The van der Waals surface area contributed by atoms with Crippen molar-refractivity contribution in [1.29, 1.82) is 0 Å². The second-order valence-electron chi connectivity index (χ2n) is 4.62. The number of hydrogen-bond donors (Lipinski definition) is 1. The smallest absolute Gasteiger partial charge is 0.249 e. The summed E-state index contributed by atoms with van der Waals surface area (Å²) in [5.41, 5.74) is 1.04. The molecule has 1 aromatic heterocycles. The van der Waals surface area contributed by atoms with E-state index >= 15 is 0 Å². The SMILES string of the molecule is O=C(NCCc1nc2ccccc2s1)[C@@H]1CCCO1. The highest BCUT2D eigenvalue weighted by Crippen LogP contribution is 2.21. The van der Waals surface area contributed by atoms with Crippen LogP contribution in [0.4, 0.5) is 0 Å². The monoisotopic (exact) mass is 276 g/mol. The van der Waals surface area contributed by atoms with Crippen LogP contribution < -0.4 is 5.32 Å². The zero-order valence-electron chi connectivity index (χ0n) is 10.6. The highest BCUT2D eigenvalue weighted by Gasteiger charge is 2.22. The van der Waals surface area contributed by atoms with E-state index < -0.39 is 0 Å². The van der Waals surface area contributed by atoms with Crippen molar-refractivity contribution in [3.63, 3.8) is 0 Å². The Kier molecular flexibility index (Phi) is 3.75. The minimum atomic E-state index is -0.240. The lowest BCUT2D eigenvalue weighted by Gasteiger charge is -2.09. The topological polar surface area (TPSA) is 51.2 Å². The summed E-state index contributed by atoms with van der Waals surface area (Å²) < 4.78 is 6.54. The lowest BCUT2D eigenvalue weighted by Crippen LogP contribution is -2.35. The van der Waals surface area contributed by atoms with Crippen molar-refractivity contribution in [3.8, 4) is 0 Å². The molecule has 19 heavy (non-hydrogen) atoms. The van der Waals surface area contributed by atoms with E-state index in [0.29, 0.717) is 13.2 Å². The fraction of sp³-hybridized carbons (Fsp3) is 0.429. The van der Waals surface area contributed by atoms with Gasteiger partial charge in [-0.3, -0.25) is 4.79 Å². The van der Waals surface area contributed by atoms with E-state index in [1.54, 1.807) is 11.3 Å². The Hall–Kier alpha value is -1.46. The van der Waals surface area contributed by atoms with Gasteiger partial charge in [-0.1, -0.05) is 12.1 Å². The molecule has 1 amide bonds. The van der Waals surface area contributed by atoms with Crippen molar-refractivity contribution in [2.45, 2.75) is 25.4 Å². The van der Waals surface area contributed by atoms with Crippen LogP contribution in [0.15, 0.2) is 24.3 Å². The number of nitrogens with zero attached hydrogens (tertiary/aromatic N) is 1. The van der Waals surface area contributed by atoms with Crippen molar-refractivity contribution in [3.05, 3.63) is 29.3 Å². The number of carbonyl (C=O) groups is 1. The van der Waals surface area contributed by atoms with Gasteiger partial charge in [0, 0.05) is 19.6 Å². The normalized spacial score (nSPS) is 18.8. The van der Waals surface area contributed by atoms with Crippen LogP contribution in [0.2, 0.25) is 0 Å². The molecule has 1 N–H and O–H groups in total. The summed E-state index contributed by atoms with van der Waals surface area (Å²) in [6.07, 6.45) is 2.36. The van der Waals surface area contributed by atoms with Crippen molar-refractivity contribution < 1.29 is 9.53 Å². The van der Waals surface area contributed by atoms with Gasteiger partial charge in [0.15, 0.2) is 0 Å². The maximum absolute atomic E-state index is 11.8. The van der Waals surface area contributed by atoms with Crippen molar-refractivity contribution in [2.24, 2.45) is 0 Å². The first kappa shape index (κ1) is 12.6. The first-order valence-corrected chi connectivity index (χ1v) is 7.38. The number of aromatic nitrogens is 1. The van der Waals surface area contributed by atoms with Gasteiger partial charge < -0.3 is 10.1 Å². The molecule has 5 heteroatoms. The van der Waals surface area contributed by atoms with Crippen molar-refractivity contribution in [2.75, 3.05) is 13.2 Å². The minimum Gasteiger partial charge on any atom is -0.368 e. The third kappa shape index (κ3) is 2.93. The van der Waals surface area contributed by atoms with Gasteiger partial charge in [0.1, 0.15) is 6.10 Å². The van der Waals surface area contributed by atoms with E-state index in [0.717, 1.165) is 29.8 Å². The molecule has 0 unspecified atom stereocenters. The van der Waals surface area contributed by atoms with E-state index in [9.17, 15) is 4.79 Å². The predicted molar refractivity (Wildman–Crippen MR) is 75.3 cm³/mol. The van der Waals surface area contributed by atoms with Crippen LogP contribution in [0.5, 0.6) is 0 Å². The standard InChI is InChI=1S/C14H16N2O2S/c17-14(11-5-3-9-18-11)15-8-7-13-16-10-4-1-2-6-12(10)19-13/h1-2,4,6,11H,3,5,7-9H2,(H,15,17)/t11-/m0/s1. The second-order valence-corrected chi connectivity index (χ2v) is 5.73. The number of para-hydroxylation sites is 1. The molecule has 0 bridgehead atoms. The molecular weight excluding hydrogens is 260 g/mol. The number of rotatable bonds is 4. The fourth-order valence-electron chi connectivity index (χ4n) is 2.22. The Morgan fingerprint density at radius 1 is 1.47 bits per heavy atom. The predicted octanol–water partition coefficient (Wildman–Crippen LogP) is 2.13. The Labute approximate surface area is 115 Å². The van der Waals surface area contributed by atoms with Crippen LogP contribution in [-0.4, -0.2) is 30.1 Å². The highest BCUT2D eigenvalue weighted by atomic mass is 32.1. The average molecular weight is 276 g/mol. The van der Waals surface area contributed by atoms with Gasteiger partial charge in [0.05, 0.1) is 15.2 Å². The van der Waals surface area contributed by atoms with E-state index in [1.165, 1.54) is 4.70 Å². The third-order valence-electron chi connectivity index (χ3n) is 3.20. The number of fused-ring (bicyclic) bond motifs is 1. The van der Waals surface area contributed by atoms with Crippen LogP contribution >= 0.6 is 11.3 Å². The zero-order chi connectivity index (χ0) is 13.1. The Morgan fingerprint density at radius 3 is 3.16 bits per heavy atom. The van der Waals surface area contributed by atoms with E-state index in [-0.39, 0.29) is 12.0 Å². The molecule has 1 aliphatic rings. The number of hydrogen-bond acceptors (Lipinski definition) is 4. The molecule has 1 aliphatic heterocycles. The molecule has 1 saturated heterocycles. The number of carbonyl (C=O) groups excluding carboxylic acids is 1. The summed E-state index contributed by atoms with van der Waals surface area (Å²) >= 11 is 1.69. The van der Waals surface area contributed by atoms with Crippen LogP contribution in [0, 0.1) is 0 Å². The van der Waals surface area contributed by atoms with Crippen LogP contribution in [0.1, 0.15) is 17.8 Å². The summed E-state index contributed by atoms with van der Waals surface area (Å²) in [7, 11) is 0. The second kappa shape index (κ2) is 5.67. The third-order valence-corrected chi connectivity index (χ3v) is 4.29. The molecule has 2 heterocycles. The van der Waals surface area contributed by atoms with Gasteiger partial charge >= 0.3 is 0 Å². The molecule has 1 atom stereocenters. The summed E-state index contributed by atoms with van der Waals surface area (Å²) in [6.45, 7) is 1.33. The molecule has 0 aliphatic carbocycles. The average Bonchev–Trinajstić information content (AvgIpc) is 3.07. The highest BCUT2D eigenvalue weighted by molar-refractivity contribution is 7.18. The van der Waals surface area contributed by atoms with Gasteiger partial charge in [-0.05, 0) is 25.0 Å². The molecule has 0 radical (unpaired) electrons. The quantitative estimate of drug-likeness (QED) is 0.930. The van der Waals surface area contributed by atoms with Gasteiger partial charge in [0.25, 0.3) is 0 Å². The Bertz CT molecular complexity index is 543. The number of nitrogens with one attached hydrogen (secondary N) is 1. The number of thiazole rings is 1. The lowest BCUT2D eigenvalue weighted by atomic mass is 10.2. The van der Waals surface area contributed by atoms with E-state index in [4.69, 9.17) is 4.74 Å². The van der Waals surface area contributed by atoms with Crippen LogP contribution in [0.3, 0.4) is 0 Å². The molecule has 4 nitrogen and oxygen atoms in total. The fourth-order valence-corrected chi connectivity index (χ4v) is 3.18. The van der Waals surface area contributed by atoms with Gasteiger partial charge in [-0.2, -0.15) is 0 Å². The molecule has 0 spiro atoms. The Balaban J connectivity index is 1.53. The number of benzene rings is 1. The van der Waals surface area contributed by atoms with Crippen molar-refractivity contribution >= 4 is 27.5 Å². The minimum absolute atomic E-state index is 0.0126. The Morgan fingerprint density at radius 2 is 2.37 bits per heavy atom. The van der Waals surface area contributed by atoms with Gasteiger partial charge in [0.2, 0.25) is 5.91 Å². The largest absolute Gasteiger partial charge is 0.368 e. The first-order valence-electron chi connectivity index (χ1n) is 6.57. The molecule has 1 fully saturated rings. The van der Waals surface area contributed by atoms with Crippen LogP contribution in [-0.2, 0) is 16.0 Å². The summed E-state index contributed by atoms with van der Waals surface area (Å²) in [5.74, 6) is 0.0126. The van der Waals surface area contributed by atoms with Crippen molar-refractivity contribution in [1.82, 2.24) is 10.3 Å². The first-order chi connectivity index (χ1) is 9.33. The van der Waals surface area contributed by atoms with E-state index in [2.05, 4.69) is 16.4 Å². The van der Waals surface area contributed by atoms with Gasteiger partial charge in [-0.25, -0.2) is 4.98 Å². The van der Waals surface area contributed by atoms with Gasteiger partial charge in [-0.15, -0.1) is 11.3 Å². The molecule has 0 saturated carbocycles. The molecular formula is C14H16N2O2S. The lowest BCUT2D eigenvalue weighted by molar-refractivity contribution is -0.129. The maximum atomic E-state index is 11.8. The van der Waals surface area contributed by atoms with Crippen LogP contribution in [0.25, 0.3) is 10.2 Å². The summed E-state index contributed by atoms with van der Waals surface area (Å²) in [5, 5.41) is 3.98.